The van der Waals surface area contributed by atoms with Gasteiger partial charge < -0.3 is 14.3 Å². The minimum absolute atomic E-state index is 0.105. The van der Waals surface area contributed by atoms with Crippen LogP contribution in [0.15, 0.2) is 40.9 Å². The Bertz CT molecular complexity index is 825. The number of carbonyl (C=O) groups excluding carboxylic acids is 2. The van der Waals surface area contributed by atoms with Crippen molar-refractivity contribution in [2.45, 2.75) is 32.6 Å². The quantitative estimate of drug-likeness (QED) is 0.817. The van der Waals surface area contributed by atoms with E-state index in [4.69, 9.17) is 4.52 Å². The second-order valence-corrected chi connectivity index (χ2v) is 8.04. The van der Waals surface area contributed by atoms with Crippen LogP contribution >= 0.6 is 0 Å². The van der Waals surface area contributed by atoms with E-state index >= 15 is 0 Å². The molecule has 0 saturated carbocycles. The molecule has 2 aromatic rings. The van der Waals surface area contributed by atoms with Crippen molar-refractivity contribution in [3.8, 4) is 11.3 Å². The smallest absolute Gasteiger partial charge is 0.276 e. The molecule has 1 aromatic carbocycles. The van der Waals surface area contributed by atoms with Crippen LogP contribution in [-0.2, 0) is 4.79 Å². The van der Waals surface area contributed by atoms with Gasteiger partial charge >= 0.3 is 0 Å². The van der Waals surface area contributed by atoms with Gasteiger partial charge in [-0.25, -0.2) is 0 Å². The first kappa shape index (κ1) is 18.7. The summed E-state index contributed by atoms with van der Waals surface area (Å²) in [6, 6.07) is 11.3. The Morgan fingerprint density at radius 1 is 1.04 bits per heavy atom. The summed E-state index contributed by atoms with van der Waals surface area (Å²) in [6.07, 6.45) is 3.84. The van der Waals surface area contributed by atoms with E-state index in [1.807, 2.05) is 35.2 Å². The van der Waals surface area contributed by atoms with Gasteiger partial charge in [-0.1, -0.05) is 42.4 Å². The molecule has 2 saturated heterocycles. The van der Waals surface area contributed by atoms with E-state index in [2.05, 4.69) is 12.1 Å². The molecule has 6 heteroatoms. The summed E-state index contributed by atoms with van der Waals surface area (Å²) in [4.78, 5) is 29.6. The average molecular weight is 381 g/mol. The minimum Gasteiger partial charge on any atom is -0.355 e. The first-order valence-corrected chi connectivity index (χ1v) is 10.2. The van der Waals surface area contributed by atoms with Crippen LogP contribution in [0.2, 0.25) is 0 Å². The molecule has 148 valence electrons. The summed E-state index contributed by atoms with van der Waals surface area (Å²) >= 11 is 0. The largest absolute Gasteiger partial charge is 0.355 e. The Labute approximate surface area is 165 Å². The van der Waals surface area contributed by atoms with E-state index in [1.54, 1.807) is 11.0 Å². The van der Waals surface area contributed by atoms with Gasteiger partial charge in [-0.05, 0) is 31.6 Å². The summed E-state index contributed by atoms with van der Waals surface area (Å²) in [7, 11) is 0. The lowest BCUT2D eigenvalue weighted by atomic mass is 9.93. The van der Waals surface area contributed by atoms with Crippen LogP contribution < -0.4 is 0 Å². The predicted octanol–water partition coefficient (Wildman–Crippen LogP) is 3.45. The molecule has 2 aliphatic heterocycles. The van der Waals surface area contributed by atoms with Crippen molar-refractivity contribution in [2.24, 2.45) is 11.8 Å². The third kappa shape index (κ3) is 3.96. The molecule has 0 aliphatic carbocycles. The number of hydrogen-bond acceptors (Lipinski definition) is 4. The summed E-state index contributed by atoms with van der Waals surface area (Å²) in [5, 5.41) is 3.97. The Kier molecular flexibility index (Phi) is 5.46. The van der Waals surface area contributed by atoms with Crippen molar-refractivity contribution in [3.63, 3.8) is 0 Å². The molecular weight excluding hydrogens is 354 g/mol. The molecule has 1 unspecified atom stereocenters. The topological polar surface area (TPSA) is 66.7 Å². The van der Waals surface area contributed by atoms with Gasteiger partial charge in [-0.2, -0.15) is 0 Å². The van der Waals surface area contributed by atoms with Gasteiger partial charge in [-0.15, -0.1) is 0 Å². The normalized spacial score (nSPS) is 21.0. The molecule has 2 aliphatic rings. The summed E-state index contributed by atoms with van der Waals surface area (Å²) in [6.45, 7) is 5.05. The molecule has 2 fully saturated rings. The Morgan fingerprint density at radius 2 is 1.79 bits per heavy atom. The van der Waals surface area contributed by atoms with Gasteiger partial charge in [0.05, 0.1) is 5.92 Å². The Balaban J connectivity index is 1.41. The van der Waals surface area contributed by atoms with Crippen LogP contribution in [0.5, 0.6) is 0 Å². The van der Waals surface area contributed by atoms with E-state index in [1.165, 1.54) is 0 Å². The summed E-state index contributed by atoms with van der Waals surface area (Å²) < 4.78 is 5.37. The van der Waals surface area contributed by atoms with Crippen molar-refractivity contribution < 1.29 is 14.1 Å². The van der Waals surface area contributed by atoms with E-state index in [-0.39, 0.29) is 17.7 Å². The Hall–Kier alpha value is -2.63. The van der Waals surface area contributed by atoms with Crippen LogP contribution in [0.1, 0.15) is 43.1 Å². The number of benzene rings is 1. The highest BCUT2D eigenvalue weighted by molar-refractivity contribution is 5.93. The van der Waals surface area contributed by atoms with Gasteiger partial charge in [0.25, 0.3) is 5.91 Å². The van der Waals surface area contributed by atoms with Crippen molar-refractivity contribution in [1.82, 2.24) is 15.0 Å². The molecule has 1 aromatic heterocycles. The van der Waals surface area contributed by atoms with Crippen LogP contribution in [0.4, 0.5) is 0 Å². The highest BCUT2D eigenvalue weighted by atomic mass is 16.5. The Morgan fingerprint density at radius 3 is 2.54 bits per heavy atom. The fourth-order valence-corrected chi connectivity index (χ4v) is 4.13. The second-order valence-electron chi connectivity index (χ2n) is 8.04. The van der Waals surface area contributed by atoms with Gasteiger partial charge in [0.1, 0.15) is 0 Å². The highest BCUT2D eigenvalue weighted by Gasteiger charge is 2.33. The number of nitrogens with zero attached hydrogens (tertiary/aromatic N) is 3. The zero-order chi connectivity index (χ0) is 19.5. The first-order chi connectivity index (χ1) is 13.6. The fraction of sp³-hybridized carbons (Fsp3) is 0.500. The van der Waals surface area contributed by atoms with Crippen molar-refractivity contribution >= 4 is 11.8 Å². The molecule has 28 heavy (non-hydrogen) atoms. The summed E-state index contributed by atoms with van der Waals surface area (Å²) in [5.74, 6) is 1.22. The SMILES string of the molecule is CC1CCN(C(=O)C2CCCN(C(=O)c3cc(-c4ccccc4)on3)C2)CC1. The molecular formula is C22H27N3O3. The predicted molar refractivity (Wildman–Crippen MR) is 106 cm³/mol. The zero-order valence-corrected chi connectivity index (χ0v) is 16.3. The second kappa shape index (κ2) is 8.17. The number of hydrogen-bond donors (Lipinski definition) is 0. The molecule has 0 bridgehead atoms. The molecule has 0 N–H and O–H groups in total. The maximum Gasteiger partial charge on any atom is 0.276 e. The van der Waals surface area contributed by atoms with E-state index in [9.17, 15) is 9.59 Å². The number of likely N-dealkylation sites (tertiary alicyclic amines) is 2. The lowest BCUT2D eigenvalue weighted by molar-refractivity contribution is -0.138. The molecule has 1 atom stereocenters. The van der Waals surface area contributed by atoms with Gasteiger partial charge in [0.2, 0.25) is 5.91 Å². The molecule has 2 amide bonds. The van der Waals surface area contributed by atoms with Gasteiger partial charge in [-0.3, -0.25) is 9.59 Å². The van der Waals surface area contributed by atoms with Crippen LogP contribution in [0.25, 0.3) is 11.3 Å². The lowest BCUT2D eigenvalue weighted by Gasteiger charge is -2.37. The number of rotatable bonds is 3. The molecule has 3 heterocycles. The van der Waals surface area contributed by atoms with Crippen LogP contribution in [0.3, 0.4) is 0 Å². The van der Waals surface area contributed by atoms with E-state index in [0.717, 1.165) is 44.3 Å². The number of carbonyl (C=O) groups is 2. The van der Waals surface area contributed by atoms with Crippen molar-refractivity contribution in [3.05, 3.63) is 42.1 Å². The fourth-order valence-electron chi connectivity index (χ4n) is 4.13. The minimum atomic E-state index is -0.157. The lowest BCUT2D eigenvalue weighted by Crippen LogP contribution is -2.48. The van der Waals surface area contributed by atoms with E-state index < -0.39 is 0 Å². The van der Waals surface area contributed by atoms with Crippen molar-refractivity contribution in [2.75, 3.05) is 26.2 Å². The highest BCUT2D eigenvalue weighted by Crippen LogP contribution is 2.25. The number of piperidine rings is 2. The monoisotopic (exact) mass is 381 g/mol. The molecule has 0 radical (unpaired) electrons. The van der Waals surface area contributed by atoms with Crippen molar-refractivity contribution in [1.29, 1.82) is 0 Å². The number of aromatic nitrogens is 1. The third-order valence-corrected chi connectivity index (χ3v) is 5.94. The maximum atomic E-state index is 12.9. The number of amides is 2. The summed E-state index contributed by atoms with van der Waals surface area (Å²) in [5.41, 5.74) is 1.19. The third-order valence-electron chi connectivity index (χ3n) is 5.94. The van der Waals surface area contributed by atoms with E-state index in [0.29, 0.717) is 30.5 Å². The van der Waals surface area contributed by atoms with Crippen LogP contribution in [-0.4, -0.2) is 52.9 Å². The van der Waals surface area contributed by atoms with Gasteiger partial charge in [0, 0.05) is 37.8 Å². The molecule has 6 nitrogen and oxygen atoms in total. The maximum absolute atomic E-state index is 12.9. The van der Waals surface area contributed by atoms with Gasteiger partial charge in [0.15, 0.2) is 11.5 Å². The molecule has 0 spiro atoms. The first-order valence-electron chi connectivity index (χ1n) is 10.2. The van der Waals surface area contributed by atoms with Crippen LogP contribution in [0, 0.1) is 11.8 Å². The zero-order valence-electron chi connectivity index (χ0n) is 16.3. The molecule has 4 rings (SSSR count). The standard InChI is InChI=1S/C22H27N3O3/c1-16-9-12-24(13-10-16)21(26)18-8-5-11-25(15-18)22(27)19-14-20(28-23-19)17-6-3-2-4-7-17/h2-4,6-7,14,16,18H,5,8-13,15H2,1H3. The average Bonchev–Trinajstić information content (AvgIpc) is 3.24.